The summed E-state index contributed by atoms with van der Waals surface area (Å²) in [5.41, 5.74) is 6.66. The molecule has 4 N–H and O–H groups in total. The van der Waals surface area contributed by atoms with Crippen LogP contribution < -0.4 is 10.9 Å². The van der Waals surface area contributed by atoms with Crippen LogP contribution in [-0.2, 0) is 10.2 Å². The maximum Gasteiger partial charge on any atom is 0.277 e. The monoisotopic (exact) mass is 320 g/mol. The first kappa shape index (κ1) is 16.7. The van der Waals surface area contributed by atoms with Gasteiger partial charge in [-0.3, -0.25) is 4.79 Å². The number of hydrogen-bond acceptors (Lipinski definition) is 4. The molecule has 0 radical (unpaired) electrons. The summed E-state index contributed by atoms with van der Waals surface area (Å²) in [7, 11) is -3.67. The van der Waals surface area contributed by atoms with Crippen molar-refractivity contribution in [2.75, 3.05) is 31.9 Å². The molecule has 1 aromatic carbocycles. The van der Waals surface area contributed by atoms with E-state index in [2.05, 4.69) is 0 Å². The molecule has 1 fully saturated rings. The summed E-state index contributed by atoms with van der Waals surface area (Å²) < 4.78 is 23.5. The number of hydrogen-bond donors (Lipinski definition) is 2. The van der Waals surface area contributed by atoms with E-state index in [0.29, 0.717) is 24.3 Å². The first-order valence-corrected chi connectivity index (χ1v) is 7.31. The van der Waals surface area contributed by atoms with Crippen LogP contribution in [0.5, 0.6) is 0 Å². The molecule has 1 amide bonds. The lowest BCUT2D eigenvalue weighted by Gasteiger charge is -2.33. The van der Waals surface area contributed by atoms with Crippen LogP contribution in [-0.4, -0.2) is 49.7 Å². The molecule has 20 heavy (non-hydrogen) atoms. The summed E-state index contributed by atoms with van der Waals surface area (Å²) in [4.78, 5) is 13.8. The Kier molecular flexibility index (Phi) is 5.35. The number of nitrogens with two attached hydrogens (primary N) is 2. The highest BCUT2D eigenvalue weighted by Gasteiger charge is 2.26. The van der Waals surface area contributed by atoms with Crippen LogP contribution in [0.25, 0.3) is 0 Å². The summed E-state index contributed by atoms with van der Waals surface area (Å²) >= 11 is 0. The van der Waals surface area contributed by atoms with E-state index in [0.717, 1.165) is 4.31 Å². The maximum atomic E-state index is 12.2. The second-order valence-corrected chi connectivity index (χ2v) is 5.91. The minimum Gasteiger partial charge on any atom is -0.399 e. The lowest BCUT2D eigenvalue weighted by Crippen LogP contribution is -2.52. The Labute approximate surface area is 124 Å². The van der Waals surface area contributed by atoms with Gasteiger partial charge in [-0.25, -0.2) is 5.14 Å². The van der Waals surface area contributed by atoms with Gasteiger partial charge in [-0.1, -0.05) is 6.07 Å². The van der Waals surface area contributed by atoms with Gasteiger partial charge in [0.15, 0.2) is 0 Å². The van der Waals surface area contributed by atoms with Crippen molar-refractivity contribution < 1.29 is 13.2 Å². The Balaban J connectivity index is 0.00000200. The molecular formula is C11H17ClN4O3S. The average molecular weight is 321 g/mol. The summed E-state index contributed by atoms with van der Waals surface area (Å²) in [6.45, 7) is 1.08. The van der Waals surface area contributed by atoms with Crippen molar-refractivity contribution in [1.82, 2.24) is 9.21 Å². The number of carbonyl (C=O) groups excluding carboxylic acids is 1. The number of carbonyl (C=O) groups is 1. The highest BCUT2D eigenvalue weighted by Crippen LogP contribution is 2.12. The smallest absolute Gasteiger partial charge is 0.277 e. The van der Waals surface area contributed by atoms with Gasteiger partial charge in [-0.15, -0.1) is 12.4 Å². The molecule has 0 spiro atoms. The number of nitrogen functional groups attached to an aromatic ring is 1. The molecule has 112 valence electrons. The number of piperazine rings is 1. The number of anilines is 1. The Bertz CT molecular complexity index is 585. The van der Waals surface area contributed by atoms with Crippen LogP contribution in [0.15, 0.2) is 24.3 Å². The predicted molar refractivity (Wildman–Crippen MR) is 78.7 cm³/mol. The van der Waals surface area contributed by atoms with Crippen molar-refractivity contribution >= 4 is 34.2 Å². The maximum absolute atomic E-state index is 12.2. The van der Waals surface area contributed by atoms with Crippen molar-refractivity contribution in [3.05, 3.63) is 29.8 Å². The van der Waals surface area contributed by atoms with Crippen molar-refractivity contribution in [3.8, 4) is 0 Å². The molecule has 7 nitrogen and oxygen atoms in total. The minimum absolute atomic E-state index is 0. The molecule has 1 saturated heterocycles. The second-order valence-electron chi connectivity index (χ2n) is 4.36. The van der Waals surface area contributed by atoms with E-state index in [-0.39, 0.29) is 31.4 Å². The standard InChI is InChI=1S/C11H16N4O3S.ClH/c12-10-3-1-2-9(8-10)11(16)14-4-6-15(7-5-14)19(13,17)18;/h1-3,8H,4-7,12H2,(H2,13,17,18);1H. The highest BCUT2D eigenvalue weighted by atomic mass is 35.5. The molecule has 0 bridgehead atoms. The van der Waals surface area contributed by atoms with Gasteiger partial charge in [0.05, 0.1) is 0 Å². The van der Waals surface area contributed by atoms with Gasteiger partial charge in [0.1, 0.15) is 0 Å². The van der Waals surface area contributed by atoms with Gasteiger partial charge in [-0.05, 0) is 18.2 Å². The minimum atomic E-state index is -3.67. The normalized spacial score (nSPS) is 16.6. The topological polar surface area (TPSA) is 110 Å². The zero-order chi connectivity index (χ0) is 14.0. The second kappa shape index (κ2) is 6.40. The fraction of sp³-hybridized carbons (Fsp3) is 0.364. The van der Waals surface area contributed by atoms with Crippen LogP contribution in [0, 0.1) is 0 Å². The predicted octanol–water partition coefficient (Wildman–Crippen LogP) is -0.348. The van der Waals surface area contributed by atoms with Gasteiger partial charge in [0, 0.05) is 37.4 Å². The van der Waals surface area contributed by atoms with Gasteiger partial charge >= 0.3 is 0 Å². The van der Waals surface area contributed by atoms with Crippen molar-refractivity contribution in [2.45, 2.75) is 0 Å². The van der Waals surface area contributed by atoms with Crippen molar-refractivity contribution in [3.63, 3.8) is 0 Å². The molecule has 1 aliphatic heterocycles. The number of halogens is 1. The molecule has 0 atom stereocenters. The van der Waals surface area contributed by atoms with Crippen LogP contribution in [0.4, 0.5) is 5.69 Å². The highest BCUT2D eigenvalue weighted by molar-refractivity contribution is 7.86. The molecule has 2 rings (SSSR count). The van der Waals surface area contributed by atoms with Crippen LogP contribution in [0.1, 0.15) is 10.4 Å². The van der Waals surface area contributed by atoms with Crippen molar-refractivity contribution in [1.29, 1.82) is 0 Å². The van der Waals surface area contributed by atoms with Crippen LogP contribution in [0.3, 0.4) is 0 Å². The molecule has 0 saturated carbocycles. The summed E-state index contributed by atoms with van der Waals surface area (Å²) in [6, 6.07) is 6.71. The number of amides is 1. The zero-order valence-electron chi connectivity index (χ0n) is 10.7. The lowest BCUT2D eigenvalue weighted by atomic mass is 10.1. The van der Waals surface area contributed by atoms with E-state index in [4.69, 9.17) is 10.9 Å². The Hall–Kier alpha value is -1.35. The first-order chi connectivity index (χ1) is 8.88. The molecule has 1 aromatic rings. The zero-order valence-corrected chi connectivity index (χ0v) is 12.4. The SMILES string of the molecule is Cl.Nc1cccc(C(=O)N2CCN(S(N)(=O)=O)CC2)c1. The number of rotatable bonds is 2. The van der Waals surface area contributed by atoms with E-state index in [1.54, 1.807) is 29.2 Å². The number of benzene rings is 1. The summed E-state index contributed by atoms with van der Waals surface area (Å²) in [5, 5.41) is 5.04. The summed E-state index contributed by atoms with van der Waals surface area (Å²) in [6.07, 6.45) is 0. The first-order valence-electron chi connectivity index (χ1n) is 5.80. The lowest BCUT2D eigenvalue weighted by molar-refractivity contribution is 0.0698. The van der Waals surface area contributed by atoms with E-state index >= 15 is 0 Å². The fourth-order valence-corrected chi connectivity index (χ4v) is 2.67. The van der Waals surface area contributed by atoms with Gasteiger partial charge in [0.25, 0.3) is 16.1 Å². The molecule has 9 heteroatoms. The van der Waals surface area contributed by atoms with Gasteiger partial charge < -0.3 is 10.6 Å². The average Bonchev–Trinajstić information content (AvgIpc) is 2.37. The quantitative estimate of drug-likeness (QED) is 0.726. The van der Waals surface area contributed by atoms with Crippen molar-refractivity contribution in [2.24, 2.45) is 5.14 Å². The van der Waals surface area contributed by atoms with E-state index in [1.165, 1.54) is 0 Å². The van der Waals surface area contributed by atoms with E-state index < -0.39 is 10.2 Å². The van der Waals surface area contributed by atoms with Crippen LogP contribution >= 0.6 is 12.4 Å². The molecular weight excluding hydrogens is 304 g/mol. The molecule has 0 aliphatic carbocycles. The molecule has 1 heterocycles. The largest absolute Gasteiger partial charge is 0.399 e. The number of nitrogens with zero attached hydrogens (tertiary/aromatic N) is 2. The van der Waals surface area contributed by atoms with E-state index in [9.17, 15) is 13.2 Å². The third-order valence-electron chi connectivity index (χ3n) is 3.02. The van der Waals surface area contributed by atoms with Crippen LogP contribution in [0.2, 0.25) is 0 Å². The van der Waals surface area contributed by atoms with E-state index in [1.807, 2.05) is 0 Å². The fourth-order valence-electron chi connectivity index (χ4n) is 2.00. The Morgan fingerprint density at radius 2 is 1.75 bits per heavy atom. The summed E-state index contributed by atoms with van der Waals surface area (Å²) in [5.74, 6) is -0.152. The third-order valence-corrected chi connectivity index (χ3v) is 4.10. The Morgan fingerprint density at radius 3 is 2.25 bits per heavy atom. The van der Waals surface area contributed by atoms with Gasteiger partial charge in [0.2, 0.25) is 0 Å². The molecule has 0 unspecified atom stereocenters. The third kappa shape index (κ3) is 3.83. The molecule has 0 aromatic heterocycles. The van der Waals surface area contributed by atoms with Gasteiger partial charge in [-0.2, -0.15) is 12.7 Å². The Morgan fingerprint density at radius 1 is 1.15 bits per heavy atom. The molecule has 1 aliphatic rings.